The Hall–Kier alpha value is -1.14. The van der Waals surface area contributed by atoms with Crippen LogP contribution in [0.1, 0.15) is 34.1 Å². The average molecular weight is 260 g/mol. The molecule has 0 aliphatic carbocycles. The predicted octanol–water partition coefficient (Wildman–Crippen LogP) is -0.0523. The van der Waals surface area contributed by atoms with Gasteiger partial charge in [0.2, 0.25) is 5.91 Å². The number of carbonyl (C=O) groups is 2. The molecule has 0 aliphatic rings. The zero-order valence-corrected chi connectivity index (χ0v) is 11.4. The highest BCUT2D eigenvalue weighted by molar-refractivity contribution is 5.85. The molecular weight excluding hydrogens is 236 g/mol. The van der Waals surface area contributed by atoms with Gasteiger partial charge in [-0.15, -0.1) is 0 Å². The van der Waals surface area contributed by atoms with Crippen LogP contribution in [0.15, 0.2) is 0 Å². The summed E-state index contributed by atoms with van der Waals surface area (Å²) < 4.78 is 0. The molecule has 0 aromatic carbocycles. The summed E-state index contributed by atoms with van der Waals surface area (Å²) in [5.41, 5.74) is 5.46. The Balaban J connectivity index is 4.65. The van der Waals surface area contributed by atoms with Crippen molar-refractivity contribution in [3.8, 4) is 0 Å². The molecule has 18 heavy (non-hydrogen) atoms. The number of hydrogen-bond donors (Lipinski definition) is 4. The Morgan fingerprint density at radius 2 is 1.83 bits per heavy atom. The summed E-state index contributed by atoms with van der Waals surface area (Å²) in [5, 5.41) is 20.5. The molecule has 0 aromatic heterocycles. The smallest absolute Gasteiger partial charge is 0.328 e. The number of nitrogens with two attached hydrogens (primary N) is 1. The molecule has 3 atom stereocenters. The summed E-state index contributed by atoms with van der Waals surface area (Å²) in [6.45, 7) is 7.40. The molecule has 1 amide bonds. The van der Waals surface area contributed by atoms with Crippen LogP contribution in [0.3, 0.4) is 0 Å². The number of aliphatic hydroxyl groups excluding tert-OH is 1. The largest absolute Gasteiger partial charge is 0.480 e. The second-order valence-electron chi connectivity index (χ2n) is 5.76. The zero-order valence-electron chi connectivity index (χ0n) is 11.4. The second kappa shape index (κ2) is 6.70. The molecule has 0 bridgehead atoms. The van der Waals surface area contributed by atoms with E-state index in [-0.39, 0.29) is 12.0 Å². The number of nitrogens with one attached hydrogen (secondary N) is 1. The molecule has 0 rings (SSSR count). The lowest BCUT2D eigenvalue weighted by molar-refractivity contribution is -0.145. The van der Waals surface area contributed by atoms with E-state index >= 15 is 0 Å². The molecule has 0 aliphatic heterocycles. The van der Waals surface area contributed by atoms with Crippen LogP contribution in [0.4, 0.5) is 0 Å². The normalized spacial score (nSPS) is 16.8. The summed E-state index contributed by atoms with van der Waals surface area (Å²) in [6.07, 6.45) is -0.596. The molecule has 0 radical (unpaired) electrons. The molecule has 5 N–H and O–H groups in total. The first kappa shape index (κ1) is 16.9. The van der Waals surface area contributed by atoms with E-state index in [1.54, 1.807) is 0 Å². The van der Waals surface area contributed by atoms with Gasteiger partial charge in [-0.05, 0) is 18.8 Å². The Kier molecular flexibility index (Phi) is 6.28. The van der Waals surface area contributed by atoms with Crippen molar-refractivity contribution < 1.29 is 19.8 Å². The molecule has 6 nitrogen and oxygen atoms in total. The Labute approximate surface area is 108 Å². The van der Waals surface area contributed by atoms with Gasteiger partial charge in [0.15, 0.2) is 6.04 Å². The third-order valence-corrected chi connectivity index (χ3v) is 2.56. The van der Waals surface area contributed by atoms with E-state index in [1.807, 2.05) is 20.8 Å². The van der Waals surface area contributed by atoms with Gasteiger partial charge in [0.25, 0.3) is 0 Å². The van der Waals surface area contributed by atoms with Crippen molar-refractivity contribution in [2.45, 2.75) is 46.3 Å². The van der Waals surface area contributed by atoms with Gasteiger partial charge in [-0.3, -0.25) is 4.79 Å². The van der Waals surface area contributed by atoms with Gasteiger partial charge < -0.3 is 21.3 Å². The lowest BCUT2D eigenvalue weighted by Gasteiger charge is -2.26. The number of carbonyl (C=O) groups excluding carboxylic acids is 1. The second-order valence-corrected chi connectivity index (χ2v) is 5.76. The summed E-state index contributed by atoms with van der Waals surface area (Å²) in [5.74, 6) is -2.14. The van der Waals surface area contributed by atoms with Gasteiger partial charge in [-0.25, -0.2) is 4.79 Å². The maximum Gasteiger partial charge on any atom is 0.328 e. The standard InChI is InChI=1S/C12H24N2O4/c1-7(15)9(11(17)18)14-10(16)8(6-13)5-12(2,3)4/h7-9,15H,5-6,13H2,1-4H3,(H,14,16)(H,17,18)/t7-,8?,9+/m1/s1. The molecule has 0 saturated carbocycles. The maximum absolute atomic E-state index is 11.9. The molecule has 0 fully saturated rings. The minimum atomic E-state index is -1.30. The predicted molar refractivity (Wildman–Crippen MR) is 67.9 cm³/mol. The first-order chi connectivity index (χ1) is 8.08. The van der Waals surface area contributed by atoms with E-state index in [4.69, 9.17) is 10.8 Å². The van der Waals surface area contributed by atoms with Crippen molar-refractivity contribution in [3.05, 3.63) is 0 Å². The van der Waals surface area contributed by atoms with Crippen molar-refractivity contribution in [2.24, 2.45) is 17.1 Å². The van der Waals surface area contributed by atoms with Crippen LogP contribution in [0.25, 0.3) is 0 Å². The first-order valence-electron chi connectivity index (χ1n) is 6.00. The Morgan fingerprint density at radius 1 is 1.33 bits per heavy atom. The van der Waals surface area contributed by atoms with Crippen LogP contribution >= 0.6 is 0 Å². The minimum absolute atomic E-state index is 0.0784. The van der Waals surface area contributed by atoms with Gasteiger partial charge >= 0.3 is 5.97 Å². The van der Waals surface area contributed by atoms with E-state index < -0.39 is 29.9 Å². The minimum Gasteiger partial charge on any atom is -0.480 e. The van der Waals surface area contributed by atoms with Gasteiger partial charge in [0.1, 0.15) is 0 Å². The highest BCUT2D eigenvalue weighted by Gasteiger charge is 2.30. The van der Waals surface area contributed by atoms with E-state index in [9.17, 15) is 14.7 Å². The number of aliphatic hydroxyl groups is 1. The fraction of sp³-hybridized carbons (Fsp3) is 0.833. The molecule has 6 heteroatoms. The van der Waals surface area contributed by atoms with Crippen LogP contribution < -0.4 is 11.1 Å². The van der Waals surface area contributed by atoms with Crippen LogP contribution in [0, 0.1) is 11.3 Å². The van der Waals surface area contributed by atoms with Crippen LogP contribution in [-0.2, 0) is 9.59 Å². The van der Waals surface area contributed by atoms with Gasteiger partial charge in [-0.1, -0.05) is 20.8 Å². The Bertz CT molecular complexity index is 297. The third kappa shape index (κ3) is 5.97. The van der Waals surface area contributed by atoms with Crippen molar-refractivity contribution >= 4 is 11.9 Å². The number of hydrogen-bond acceptors (Lipinski definition) is 4. The molecule has 1 unspecified atom stereocenters. The number of carboxylic acids is 1. The average Bonchev–Trinajstić information content (AvgIpc) is 2.19. The van der Waals surface area contributed by atoms with Gasteiger partial charge in [-0.2, -0.15) is 0 Å². The number of amides is 1. The van der Waals surface area contributed by atoms with Crippen LogP contribution in [0.2, 0.25) is 0 Å². The summed E-state index contributed by atoms with van der Waals surface area (Å²) in [4.78, 5) is 22.8. The van der Waals surface area contributed by atoms with E-state index in [0.717, 1.165) is 0 Å². The van der Waals surface area contributed by atoms with E-state index in [2.05, 4.69) is 5.32 Å². The first-order valence-corrected chi connectivity index (χ1v) is 6.00. The molecule has 0 heterocycles. The number of carboxylic acid groups (broad SMARTS) is 1. The molecule has 106 valence electrons. The van der Waals surface area contributed by atoms with Crippen LogP contribution in [-0.4, -0.2) is 40.8 Å². The van der Waals surface area contributed by atoms with Crippen molar-refractivity contribution in [1.82, 2.24) is 5.32 Å². The number of rotatable bonds is 6. The third-order valence-electron chi connectivity index (χ3n) is 2.56. The topological polar surface area (TPSA) is 113 Å². The van der Waals surface area contributed by atoms with E-state index in [1.165, 1.54) is 6.92 Å². The van der Waals surface area contributed by atoms with Crippen LogP contribution in [0.5, 0.6) is 0 Å². The quantitative estimate of drug-likeness (QED) is 0.535. The lowest BCUT2D eigenvalue weighted by atomic mass is 9.84. The SMILES string of the molecule is C[C@@H](O)[C@H](NC(=O)C(CN)CC(C)(C)C)C(=O)O. The number of aliphatic carboxylic acids is 1. The zero-order chi connectivity index (χ0) is 14.5. The summed E-state index contributed by atoms with van der Waals surface area (Å²) in [7, 11) is 0. The van der Waals surface area contributed by atoms with Gasteiger partial charge in [0.05, 0.1) is 12.0 Å². The monoisotopic (exact) mass is 260 g/mol. The highest BCUT2D eigenvalue weighted by Crippen LogP contribution is 2.24. The maximum atomic E-state index is 11.9. The van der Waals surface area contributed by atoms with Crippen molar-refractivity contribution in [1.29, 1.82) is 0 Å². The van der Waals surface area contributed by atoms with Crippen molar-refractivity contribution in [3.63, 3.8) is 0 Å². The van der Waals surface area contributed by atoms with Gasteiger partial charge in [0, 0.05) is 6.54 Å². The fourth-order valence-corrected chi connectivity index (χ4v) is 1.68. The fourth-order valence-electron chi connectivity index (χ4n) is 1.68. The summed E-state index contributed by atoms with van der Waals surface area (Å²) in [6, 6.07) is -1.30. The molecule has 0 spiro atoms. The highest BCUT2D eigenvalue weighted by atomic mass is 16.4. The molecule has 0 aromatic rings. The molecule has 0 saturated heterocycles. The van der Waals surface area contributed by atoms with Crippen molar-refractivity contribution in [2.75, 3.05) is 6.54 Å². The molecular formula is C12H24N2O4. The lowest BCUT2D eigenvalue weighted by Crippen LogP contribution is -2.50. The summed E-state index contributed by atoms with van der Waals surface area (Å²) >= 11 is 0. The Morgan fingerprint density at radius 3 is 2.11 bits per heavy atom. The van der Waals surface area contributed by atoms with E-state index in [0.29, 0.717) is 6.42 Å².